The van der Waals surface area contributed by atoms with E-state index in [4.69, 9.17) is 5.26 Å². The van der Waals surface area contributed by atoms with Gasteiger partial charge in [-0.25, -0.2) is 9.97 Å². The molecule has 0 bridgehead atoms. The highest BCUT2D eigenvalue weighted by molar-refractivity contribution is 7.19. The van der Waals surface area contributed by atoms with Crippen LogP contribution in [0.2, 0.25) is 0 Å². The van der Waals surface area contributed by atoms with Gasteiger partial charge in [0.2, 0.25) is 0 Å². The van der Waals surface area contributed by atoms with Crippen molar-refractivity contribution in [2.45, 2.75) is 32.6 Å². The number of hydrogen-bond donors (Lipinski definition) is 1. The number of aromatic nitrogens is 2. The van der Waals surface area contributed by atoms with Crippen molar-refractivity contribution in [2.24, 2.45) is 5.92 Å². The van der Waals surface area contributed by atoms with E-state index in [0.29, 0.717) is 13.0 Å². The molecule has 0 radical (unpaired) electrons. The first-order chi connectivity index (χ1) is 9.29. The van der Waals surface area contributed by atoms with Crippen molar-refractivity contribution >= 4 is 27.4 Å². The Hall–Kier alpha value is -1.67. The Morgan fingerprint density at radius 2 is 2.42 bits per heavy atom. The van der Waals surface area contributed by atoms with Crippen LogP contribution < -0.4 is 5.32 Å². The molecule has 98 valence electrons. The maximum Gasteiger partial charge on any atom is 0.138 e. The van der Waals surface area contributed by atoms with Crippen molar-refractivity contribution in [3.63, 3.8) is 0 Å². The number of anilines is 1. The molecule has 19 heavy (non-hydrogen) atoms. The molecular weight excluding hydrogens is 256 g/mol. The minimum atomic E-state index is 0.495. The van der Waals surface area contributed by atoms with Crippen molar-refractivity contribution in [1.82, 2.24) is 9.97 Å². The van der Waals surface area contributed by atoms with Gasteiger partial charge in [0.25, 0.3) is 0 Å². The Morgan fingerprint density at radius 1 is 1.53 bits per heavy atom. The predicted molar refractivity (Wildman–Crippen MR) is 77.3 cm³/mol. The van der Waals surface area contributed by atoms with Crippen LogP contribution in [0.4, 0.5) is 5.82 Å². The zero-order valence-electron chi connectivity index (χ0n) is 10.9. The van der Waals surface area contributed by atoms with Gasteiger partial charge in [-0.1, -0.05) is 6.92 Å². The van der Waals surface area contributed by atoms with E-state index in [2.05, 4.69) is 28.3 Å². The summed E-state index contributed by atoms with van der Waals surface area (Å²) in [4.78, 5) is 11.3. The molecule has 1 atom stereocenters. The molecule has 1 aliphatic rings. The summed E-state index contributed by atoms with van der Waals surface area (Å²) in [5, 5.41) is 13.1. The van der Waals surface area contributed by atoms with Crippen LogP contribution >= 0.6 is 11.3 Å². The number of aryl methyl sites for hydroxylation is 1. The fraction of sp³-hybridized carbons (Fsp3) is 0.500. The van der Waals surface area contributed by atoms with E-state index in [1.54, 1.807) is 17.7 Å². The van der Waals surface area contributed by atoms with E-state index in [0.717, 1.165) is 29.4 Å². The van der Waals surface area contributed by atoms with Crippen LogP contribution in [0, 0.1) is 17.2 Å². The minimum Gasteiger partial charge on any atom is -0.368 e. The summed E-state index contributed by atoms with van der Waals surface area (Å²) < 4.78 is 0. The maximum atomic E-state index is 8.62. The van der Waals surface area contributed by atoms with Crippen LogP contribution in [0.5, 0.6) is 0 Å². The molecule has 0 aliphatic heterocycles. The molecule has 2 aromatic rings. The number of fused-ring (bicyclic) bond motifs is 3. The number of nitrogens with zero attached hydrogens (tertiary/aromatic N) is 3. The van der Waals surface area contributed by atoms with Crippen LogP contribution in [0.1, 0.15) is 30.2 Å². The summed E-state index contributed by atoms with van der Waals surface area (Å²) in [6.45, 7) is 2.95. The number of rotatable bonds is 3. The molecule has 4 nitrogen and oxygen atoms in total. The van der Waals surface area contributed by atoms with E-state index in [1.807, 2.05) is 0 Å². The zero-order valence-corrected chi connectivity index (χ0v) is 11.8. The summed E-state index contributed by atoms with van der Waals surface area (Å²) in [6, 6.07) is 2.14. The van der Waals surface area contributed by atoms with E-state index < -0.39 is 0 Å². The third-order valence-electron chi connectivity index (χ3n) is 3.62. The average Bonchev–Trinajstić information content (AvgIpc) is 2.77. The van der Waals surface area contributed by atoms with Gasteiger partial charge in [-0.15, -0.1) is 11.3 Å². The molecule has 1 aliphatic carbocycles. The topological polar surface area (TPSA) is 61.6 Å². The minimum absolute atomic E-state index is 0.495. The first-order valence-electron chi connectivity index (χ1n) is 6.65. The molecular formula is C14H16N4S. The van der Waals surface area contributed by atoms with Gasteiger partial charge in [-0.3, -0.25) is 0 Å². The second kappa shape index (κ2) is 5.14. The van der Waals surface area contributed by atoms with Crippen molar-refractivity contribution in [3.8, 4) is 6.07 Å². The Labute approximate surface area is 116 Å². The van der Waals surface area contributed by atoms with Gasteiger partial charge in [0.15, 0.2) is 0 Å². The normalized spacial score (nSPS) is 18.0. The van der Waals surface area contributed by atoms with Crippen LogP contribution in [-0.4, -0.2) is 16.5 Å². The lowest BCUT2D eigenvalue weighted by atomic mass is 9.89. The lowest BCUT2D eigenvalue weighted by Crippen LogP contribution is -2.09. The van der Waals surface area contributed by atoms with Gasteiger partial charge in [0.1, 0.15) is 17.0 Å². The third kappa shape index (κ3) is 2.28. The van der Waals surface area contributed by atoms with Crippen LogP contribution in [0.3, 0.4) is 0 Å². The molecule has 1 N–H and O–H groups in total. The Bertz CT molecular complexity index is 641. The number of thiophene rings is 1. The largest absolute Gasteiger partial charge is 0.368 e. The van der Waals surface area contributed by atoms with Gasteiger partial charge in [-0.05, 0) is 30.7 Å². The molecule has 3 rings (SSSR count). The smallest absolute Gasteiger partial charge is 0.138 e. The molecule has 2 heterocycles. The highest BCUT2D eigenvalue weighted by Gasteiger charge is 2.22. The third-order valence-corrected chi connectivity index (χ3v) is 4.78. The summed E-state index contributed by atoms with van der Waals surface area (Å²) in [5.74, 6) is 1.66. The van der Waals surface area contributed by atoms with Crippen LogP contribution in [-0.2, 0) is 12.8 Å². The van der Waals surface area contributed by atoms with Crippen molar-refractivity contribution < 1.29 is 0 Å². The second-order valence-electron chi connectivity index (χ2n) is 5.09. The molecule has 0 fully saturated rings. The van der Waals surface area contributed by atoms with Gasteiger partial charge in [-0.2, -0.15) is 5.26 Å². The lowest BCUT2D eigenvalue weighted by Gasteiger charge is -2.18. The maximum absolute atomic E-state index is 8.62. The Kier molecular flexibility index (Phi) is 3.34. The highest BCUT2D eigenvalue weighted by Crippen LogP contribution is 2.39. The van der Waals surface area contributed by atoms with E-state index in [-0.39, 0.29) is 0 Å². The van der Waals surface area contributed by atoms with Crippen molar-refractivity contribution in [2.75, 3.05) is 11.9 Å². The molecule has 0 saturated carbocycles. The molecule has 0 aromatic carbocycles. The first kappa shape index (κ1) is 12.4. The standard InChI is InChI=1S/C14H16N4S/c1-9-3-4-10-11(7-9)19-14-12(10)13(17-8-18-14)16-6-2-5-15/h8-9H,2-4,6-7H2,1H3,(H,16,17,18)/t9-/m1/s1. The van der Waals surface area contributed by atoms with Crippen LogP contribution in [0.25, 0.3) is 10.2 Å². The molecule has 2 aromatic heterocycles. The summed E-state index contributed by atoms with van der Waals surface area (Å²) in [6.07, 6.45) is 5.63. The van der Waals surface area contributed by atoms with Gasteiger partial charge in [0.05, 0.1) is 17.9 Å². The first-order valence-corrected chi connectivity index (χ1v) is 7.47. The molecule has 5 heteroatoms. The quantitative estimate of drug-likeness (QED) is 0.872. The average molecular weight is 272 g/mol. The second-order valence-corrected chi connectivity index (χ2v) is 6.17. The van der Waals surface area contributed by atoms with Crippen molar-refractivity contribution in [3.05, 3.63) is 16.8 Å². The van der Waals surface area contributed by atoms with E-state index >= 15 is 0 Å². The van der Waals surface area contributed by atoms with Gasteiger partial charge < -0.3 is 5.32 Å². The summed E-state index contributed by atoms with van der Waals surface area (Å²) in [5.41, 5.74) is 1.43. The SMILES string of the molecule is C[C@@H]1CCc2c(sc3ncnc(NCCC#N)c23)C1. The fourth-order valence-corrected chi connectivity index (χ4v) is 4.00. The number of nitriles is 1. The van der Waals surface area contributed by atoms with E-state index in [1.165, 1.54) is 22.2 Å². The molecule has 0 spiro atoms. The predicted octanol–water partition coefficient (Wildman–Crippen LogP) is 3.14. The lowest BCUT2D eigenvalue weighted by molar-refractivity contribution is 0.509. The Balaban J connectivity index is 2.01. The van der Waals surface area contributed by atoms with E-state index in [9.17, 15) is 0 Å². The monoisotopic (exact) mass is 272 g/mol. The number of nitrogens with one attached hydrogen (secondary N) is 1. The highest BCUT2D eigenvalue weighted by atomic mass is 32.1. The Morgan fingerprint density at radius 3 is 3.26 bits per heavy atom. The van der Waals surface area contributed by atoms with Crippen molar-refractivity contribution in [1.29, 1.82) is 5.26 Å². The fourth-order valence-electron chi connectivity index (χ4n) is 2.65. The summed E-state index contributed by atoms with van der Waals surface area (Å²) in [7, 11) is 0. The van der Waals surface area contributed by atoms with Crippen LogP contribution in [0.15, 0.2) is 6.33 Å². The van der Waals surface area contributed by atoms with Gasteiger partial charge >= 0.3 is 0 Å². The summed E-state index contributed by atoms with van der Waals surface area (Å²) >= 11 is 1.80. The zero-order chi connectivity index (χ0) is 13.2. The molecule has 0 amide bonds. The molecule has 0 saturated heterocycles. The molecule has 0 unspecified atom stereocenters. The van der Waals surface area contributed by atoms with Gasteiger partial charge in [0, 0.05) is 11.4 Å². The number of hydrogen-bond acceptors (Lipinski definition) is 5.